The smallest absolute Gasteiger partial charge is 0.302 e. The second kappa shape index (κ2) is 5.74. The molecule has 21 heavy (non-hydrogen) atoms. The van der Waals surface area contributed by atoms with Crippen molar-refractivity contribution >= 4 is 45.4 Å². The fourth-order valence-electron chi connectivity index (χ4n) is 2.89. The van der Waals surface area contributed by atoms with Crippen LogP contribution < -0.4 is 5.73 Å². The molecule has 2 heterocycles. The molecule has 0 aliphatic heterocycles. The summed E-state index contributed by atoms with van der Waals surface area (Å²) in [6, 6.07) is 0.170. The van der Waals surface area contributed by atoms with Gasteiger partial charge in [0, 0.05) is 13.3 Å². The van der Waals surface area contributed by atoms with Gasteiger partial charge in [0.1, 0.15) is 21.9 Å². The lowest BCUT2D eigenvalue weighted by Crippen LogP contribution is -2.27. The van der Waals surface area contributed by atoms with E-state index in [0.29, 0.717) is 5.82 Å². The molecule has 0 spiro atoms. The number of esters is 1. The molecular weight excluding hydrogens is 385 g/mol. The lowest BCUT2D eigenvalue weighted by Gasteiger charge is -2.28. The van der Waals surface area contributed by atoms with Gasteiger partial charge in [-0.3, -0.25) is 4.79 Å². The van der Waals surface area contributed by atoms with Crippen molar-refractivity contribution in [2.45, 2.75) is 44.8 Å². The number of anilines is 1. The van der Waals surface area contributed by atoms with Gasteiger partial charge in [0.25, 0.3) is 0 Å². The molecule has 2 atom stereocenters. The zero-order chi connectivity index (χ0) is 15.0. The number of rotatable bonds is 2. The van der Waals surface area contributed by atoms with Crippen molar-refractivity contribution in [2.24, 2.45) is 0 Å². The van der Waals surface area contributed by atoms with Crippen LogP contribution in [0.3, 0.4) is 0 Å². The molecule has 1 aliphatic carbocycles. The van der Waals surface area contributed by atoms with Gasteiger partial charge < -0.3 is 10.5 Å². The third kappa shape index (κ3) is 2.81. The molecule has 2 aromatic rings. The van der Waals surface area contributed by atoms with Crippen LogP contribution in [0.5, 0.6) is 0 Å². The van der Waals surface area contributed by atoms with Crippen molar-refractivity contribution in [1.29, 1.82) is 0 Å². The van der Waals surface area contributed by atoms with E-state index in [9.17, 15) is 4.79 Å². The highest BCUT2D eigenvalue weighted by Crippen LogP contribution is 2.33. The molecule has 0 amide bonds. The predicted octanol–water partition coefficient (Wildman–Crippen LogP) is 2.06. The molecule has 0 bridgehead atoms. The molecule has 0 aromatic carbocycles. The minimum absolute atomic E-state index is 0.0441. The number of hydrogen-bond donors (Lipinski definition) is 1. The fourth-order valence-corrected chi connectivity index (χ4v) is 3.64. The molecular formula is C13H16IN5O2. The van der Waals surface area contributed by atoms with Gasteiger partial charge >= 0.3 is 5.97 Å². The molecule has 7 nitrogen and oxygen atoms in total. The van der Waals surface area contributed by atoms with Crippen LogP contribution in [0, 0.1) is 3.70 Å². The number of nitrogen functional groups attached to an aromatic ring is 1. The average molecular weight is 401 g/mol. The molecule has 112 valence electrons. The molecule has 0 saturated heterocycles. The largest absolute Gasteiger partial charge is 0.462 e. The van der Waals surface area contributed by atoms with Gasteiger partial charge in [-0.05, 0) is 41.9 Å². The van der Waals surface area contributed by atoms with Crippen molar-refractivity contribution in [2.75, 3.05) is 5.73 Å². The second-order valence-electron chi connectivity index (χ2n) is 5.24. The molecule has 8 heteroatoms. The average Bonchev–Trinajstić information content (AvgIpc) is 2.77. The zero-order valence-corrected chi connectivity index (χ0v) is 13.8. The highest BCUT2D eigenvalue weighted by molar-refractivity contribution is 14.1. The molecule has 3 rings (SSSR count). The summed E-state index contributed by atoms with van der Waals surface area (Å²) < 4.78 is 8.05. The Bertz CT molecular complexity index is 686. The highest BCUT2D eigenvalue weighted by atomic mass is 127. The van der Waals surface area contributed by atoms with E-state index in [4.69, 9.17) is 10.5 Å². The molecule has 0 unspecified atom stereocenters. The van der Waals surface area contributed by atoms with Crippen molar-refractivity contribution in [3.63, 3.8) is 0 Å². The number of halogens is 1. The van der Waals surface area contributed by atoms with Crippen LogP contribution in [0.1, 0.15) is 38.6 Å². The van der Waals surface area contributed by atoms with E-state index < -0.39 is 0 Å². The van der Waals surface area contributed by atoms with E-state index in [1.165, 1.54) is 13.3 Å². The number of nitrogens with zero attached hydrogens (tertiary/aromatic N) is 4. The summed E-state index contributed by atoms with van der Waals surface area (Å²) in [5, 5.41) is 5.37. The van der Waals surface area contributed by atoms with Gasteiger partial charge in [-0.1, -0.05) is 0 Å². The number of carbonyl (C=O) groups excluding carboxylic acids is 1. The Morgan fingerprint density at radius 2 is 2.29 bits per heavy atom. The van der Waals surface area contributed by atoms with Crippen LogP contribution in [0.15, 0.2) is 6.33 Å². The van der Waals surface area contributed by atoms with Crippen LogP contribution in [0.25, 0.3) is 11.0 Å². The van der Waals surface area contributed by atoms with Crippen LogP contribution in [-0.4, -0.2) is 31.8 Å². The molecule has 1 aliphatic rings. The normalized spacial score (nSPS) is 22.4. The Balaban J connectivity index is 1.93. The predicted molar refractivity (Wildman–Crippen MR) is 85.5 cm³/mol. The Labute approximate surface area is 135 Å². The maximum absolute atomic E-state index is 11.1. The number of fused-ring (bicyclic) bond motifs is 1. The fraction of sp³-hybridized carbons (Fsp3) is 0.538. The lowest BCUT2D eigenvalue weighted by molar-refractivity contribution is -0.148. The van der Waals surface area contributed by atoms with Gasteiger partial charge in [-0.15, -0.1) is 0 Å². The summed E-state index contributed by atoms with van der Waals surface area (Å²) in [6.07, 6.45) is 5.07. The summed E-state index contributed by atoms with van der Waals surface area (Å²) >= 11 is 2.15. The molecule has 2 N–H and O–H groups in total. The maximum Gasteiger partial charge on any atom is 0.302 e. The number of ether oxygens (including phenoxy) is 1. The van der Waals surface area contributed by atoms with E-state index in [-0.39, 0.29) is 18.1 Å². The van der Waals surface area contributed by atoms with Crippen molar-refractivity contribution < 1.29 is 9.53 Å². The zero-order valence-electron chi connectivity index (χ0n) is 11.6. The quantitative estimate of drug-likeness (QED) is 0.612. The van der Waals surface area contributed by atoms with E-state index in [1.807, 2.05) is 4.68 Å². The Kier molecular flexibility index (Phi) is 3.96. The first-order valence-electron chi connectivity index (χ1n) is 6.87. The third-order valence-electron chi connectivity index (χ3n) is 3.75. The number of hydrogen-bond acceptors (Lipinski definition) is 6. The monoisotopic (exact) mass is 401 g/mol. The Morgan fingerprint density at radius 3 is 3.05 bits per heavy atom. The molecule has 1 fully saturated rings. The number of nitrogens with two attached hydrogens (primary N) is 1. The molecule has 0 radical (unpaired) electrons. The summed E-state index contributed by atoms with van der Waals surface area (Å²) in [5.74, 6) is 0.218. The van der Waals surface area contributed by atoms with E-state index >= 15 is 0 Å². The second-order valence-corrected chi connectivity index (χ2v) is 6.27. The first-order valence-corrected chi connectivity index (χ1v) is 7.95. The topological polar surface area (TPSA) is 95.9 Å². The number of aromatic nitrogens is 4. The van der Waals surface area contributed by atoms with Crippen molar-refractivity contribution in [1.82, 2.24) is 19.7 Å². The lowest BCUT2D eigenvalue weighted by atomic mass is 9.93. The van der Waals surface area contributed by atoms with Gasteiger partial charge in [0.15, 0.2) is 5.65 Å². The first-order chi connectivity index (χ1) is 10.1. The molecule has 2 aromatic heterocycles. The van der Waals surface area contributed by atoms with Crippen LogP contribution in [0.2, 0.25) is 0 Å². The SMILES string of the molecule is CC(=O)O[C@@H]1CCC[C@@H](n2nc(I)c3c(N)ncnc32)C1. The van der Waals surface area contributed by atoms with Crippen molar-refractivity contribution in [3.8, 4) is 0 Å². The van der Waals surface area contributed by atoms with Gasteiger partial charge in [-0.2, -0.15) is 5.10 Å². The van der Waals surface area contributed by atoms with E-state index in [1.54, 1.807) is 0 Å². The third-order valence-corrected chi connectivity index (χ3v) is 4.51. The van der Waals surface area contributed by atoms with Crippen molar-refractivity contribution in [3.05, 3.63) is 10.0 Å². The minimum atomic E-state index is -0.230. The molecule has 1 saturated carbocycles. The van der Waals surface area contributed by atoms with Gasteiger partial charge in [-0.25, -0.2) is 14.6 Å². The van der Waals surface area contributed by atoms with Crippen LogP contribution in [0.4, 0.5) is 5.82 Å². The first kappa shape index (κ1) is 14.5. The van der Waals surface area contributed by atoms with E-state index in [0.717, 1.165) is 40.4 Å². The van der Waals surface area contributed by atoms with Crippen LogP contribution in [-0.2, 0) is 9.53 Å². The van der Waals surface area contributed by atoms with E-state index in [2.05, 4.69) is 37.7 Å². The maximum atomic E-state index is 11.1. The minimum Gasteiger partial charge on any atom is -0.462 e. The summed E-state index contributed by atoms with van der Waals surface area (Å²) in [5.41, 5.74) is 6.66. The Hall–Kier alpha value is -1.45. The standard InChI is InChI=1S/C13H16IN5O2/c1-7(20)21-9-4-2-3-8(5-9)19-13-10(11(14)18-19)12(15)16-6-17-13/h6,8-9H,2-5H2,1H3,(H2,15,16,17)/t8-,9-/m1/s1. The summed E-state index contributed by atoms with van der Waals surface area (Å²) in [6.45, 7) is 1.45. The van der Waals surface area contributed by atoms with Crippen LogP contribution >= 0.6 is 22.6 Å². The summed E-state index contributed by atoms with van der Waals surface area (Å²) in [4.78, 5) is 19.5. The van der Waals surface area contributed by atoms with Gasteiger partial charge in [0.2, 0.25) is 0 Å². The number of carbonyl (C=O) groups is 1. The highest BCUT2D eigenvalue weighted by Gasteiger charge is 2.28. The summed E-state index contributed by atoms with van der Waals surface area (Å²) in [7, 11) is 0. The Morgan fingerprint density at radius 1 is 1.48 bits per heavy atom. The van der Waals surface area contributed by atoms with Gasteiger partial charge in [0.05, 0.1) is 11.4 Å².